The topological polar surface area (TPSA) is 48.7 Å². The van der Waals surface area contributed by atoms with Crippen molar-refractivity contribution in [3.8, 4) is 22.6 Å². The molecule has 0 saturated heterocycles. The summed E-state index contributed by atoms with van der Waals surface area (Å²) in [6.07, 6.45) is 0.644. The maximum Gasteiger partial charge on any atom is 0.344 e. The molecule has 0 N–H and O–H groups in total. The van der Waals surface area contributed by atoms with Crippen LogP contribution < -0.4 is 15.1 Å². The second kappa shape index (κ2) is 4.63. The van der Waals surface area contributed by atoms with Gasteiger partial charge in [-0.05, 0) is 23.3 Å². The third-order valence-electron chi connectivity index (χ3n) is 4.15. The lowest BCUT2D eigenvalue weighted by atomic mass is 10.0. The molecule has 22 heavy (non-hydrogen) atoms. The third-order valence-corrected chi connectivity index (χ3v) is 4.15. The highest BCUT2D eigenvalue weighted by Gasteiger charge is 2.25. The van der Waals surface area contributed by atoms with Crippen molar-refractivity contribution in [1.29, 1.82) is 0 Å². The van der Waals surface area contributed by atoms with Crippen molar-refractivity contribution in [2.75, 3.05) is 14.2 Å². The quantitative estimate of drug-likeness (QED) is 0.568. The average molecular weight is 294 g/mol. The highest BCUT2D eigenvalue weighted by Crippen LogP contribution is 2.42. The molecule has 1 aliphatic rings. The molecular formula is C18H14O4. The minimum Gasteiger partial charge on any atom is -0.493 e. The van der Waals surface area contributed by atoms with Crippen molar-refractivity contribution in [3.63, 3.8) is 0 Å². The van der Waals surface area contributed by atoms with Crippen molar-refractivity contribution in [3.05, 3.63) is 58.1 Å². The predicted octanol–water partition coefficient (Wildman–Crippen LogP) is 3.38. The summed E-state index contributed by atoms with van der Waals surface area (Å²) in [5, 5.41) is 1.35. The number of hydrogen-bond acceptors (Lipinski definition) is 4. The molecule has 0 saturated carbocycles. The second-order valence-corrected chi connectivity index (χ2v) is 5.27. The van der Waals surface area contributed by atoms with Gasteiger partial charge in [-0.15, -0.1) is 0 Å². The van der Waals surface area contributed by atoms with Gasteiger partial charge in [0.1, 0.15) is 5.76 Å². The summed E-state index contributed by atoms with van der Waals surface area (Å²) in [7, 11) is 3.14. The molecule has 1 heterocycles. The summed E-state index contributed by atoms with van der Waals surface area (Å²) in [6.45, 7) is 0. The Morgan fingerprint density at radius 1 is 1.00 bits per heavy atom. The number of rotatable bonds is 2. The van der Waals surface area contributed by atoms with Gasteiger partial charge in [-0.1, -0.05) is 24.3 Å². The van der Waals surface area contributed by atoms with E-state index in [4.69, 9.17) is 13.9 Å². The normalized spacial score (nSPS) is 12.1. The lowest BCUT2D eigenvalue weighted by Crippen LogP contribution is -2.03. The molecule has 2 aromatic carbocycles. The van der Waals surface area contributed by atoms with Crippen LogP contribution in [0.25, 0.3) is 21.9 Å². The average Bonchev–Trinajstić information content (AvgIpc) is 2.91. The Morgan fingerprint density at radius 2 is 1.68 bits per heavy atom. The van der Waals surface area contributed by atoms with Crippen LogP contribution in [0, 0.1) is 0 Å². The lowest BCUT2D eigenvalue weighted by Gasteiger charge is -2.11. The third kappa shape index (κ3) is 1.67. The van der Waals surface area contributed by atoms with E-state index in [2.05, 4.69) is 12.1 Å². The van der Waals surface area contributed by atoms with Crippen LogP contribution in [0.5, 0.6) is 11.5 Å². The van der Waals surface area contributed by atoms with Crippen LogP contribution >= 0.6 is 0 Å². The van der Waals surface area contributed by atoms with Crippen LogP contribution in [-0.4, -0.2) is 14.2 Å². The summed E-state index contributed by atoms with van der Waals surface area (Å²) in [6, 6.07) is 11.6. The summed E-state index contributed by atoms with van der Waals surface area (Å²) < 4.78 is 16.2. The highest BCUT2D eigenvalue weighted by atomic mass is 16.5. The molecule has 4 nitrogen and oxygen atoms in total. The SMILES string of the molecule is COc1cc2c3c(oc(=O)c2cc1OC)Cc1ccccc1-3. The van der Waals surface area contributed by atoms with E-state index in [0.29, 0.717) is 29.1 Å². The lowest BCUT2D eigenvalue weighted by molar-refractivity contribution is 0.355. The summed E-state index contributed by atoms with van der Waals surface area (Å²) in [4.78, 5) is 12.3. The number of ether oxygens (including phenoxy) is 2. The zero-order chi connectivity index (χ0) is 15.3. The molecule has 0 atom stereocenters. The molecule has 1 aliphatic carbocycles. The Kier molecular flexibility index (Phi) is 2.73. The van der Waals surface area contributed by atoms with E-state index in [0.717, 1.165) is 16.5 Å². The van der Waals surface area contributed by atoms with Crippen LogP contribution in [-0.2, 0) is 6.42 Å². The van der Waals surface area contributed by atoms with E-state index in [1.54, 1.807) is 20.3 Å². The van der Waals surface area contributed by atoms with Crippen molar-refractivity contribution in [2.24, 2.45) is 0 Å². The summed E-state index contributed by atoms with van der Waals surface area (Å²) >= 11 is 0. The highest BCUT2D eigenvalue weighted by molar-refractivity contribution is 6.00. The molecular weight excluding hydrogens is 280 g/mol. The second-order valence-electron chi connectivity index (χ2n) is 5.27. The fourth-order valence-corrected chi connectivity index (χ4v) is 3.13. The monoisotopic (exact) mass is 294 g/mol. The molecule has 0 amide bonds. The molecule has 0 aliphatic heterocycles. The van der Waals surface area contributed by atoms with E-state index >= 15 is 0 Å². The van der Waals surface area contributed by atoms with Crippen molar-refractivity contribution < 1.29 is 13.9 Å². The largest absolute Gasteiger partial charge is 0.493 e. The summed E-state index contributed by atoms with van der Waals surface area (Å²) in [5.74, 6) is 1.84. The molecule has 4 heteroatoms. The van der Waals surface area contributed by atoms with Gasteiger partial charge >= 0.3 is 5.63 Å². The van der Waals surface area contributed by atoms with Crippen molar-refractivity contribution in [2.45, 2.75) is 6.42 Å². The Hall–Kier alpha value is -2.75. The van der Waals surface area contributed by atoms with Crippen LogP contribution in [0.15, 0.2) is 45.6 Å². The first-order chi connectivity index (χ1) is 10.7. The minimum absolute atomic E-state index is 0.345. The van der Waals surface area contributed by atoms with Gasteiger partial charge in [0.25, 0.3) is 0 Å². The molecule has 0 unspecified atom stereocenters. The first kappa shape index (κ1) is 13.0. The predicted molar refractivity (Wildman–Crippen MR) is 83.8 cm³/mol. The summed E-state index contributed by atoms with van der Waals surface area (Å²) in [5.41, 5.74) is 2.91. The molecule has 1 aromatic heterocycles. The standard InChI is InChI=1S/C18H14O4/c1-20-14-8-12-13(9-15(14)21-2)18(19)22-16-7-10-5-3-4-6-11(10)17(12)16/h3-6,8-9H,7H2,1-2H3. The van der Waals surface area contributed by atoms with E-state index in [9.17, 15) is 4.79 Å². The molecule has 0 spiro atoms. The van der Waals surface area contributed by atoms with Crippen LogP contribution in [0.4, 0.5) is 0 Å². The Balaban J connectivity index is 2.14. The first-order valence-corrected chi connectivity index (χ1v) is 7.03. The smallest absolute Gasteiger partial charge is 0.344 e. The molecule has 4 rings (SSSR count). The van der Waals surface area contributed by atoms with Crippen molar-refractivity contribution >= 4 is 10.8 Å². The number of hydrogen-bond donors (Lipinski definition) is 0. The zero-order valence-electron chi connectivity index (χ0n) is 12.3. The maximum absolute atomic E-state index is 12.3. The molecule has 3 aromatic rings. The van der Waals surface area contributed by atoms with E-state index in [1.807, 2.05) is 18.2 Å². The number of benzene rings is 2. The Bertz CT molecular complexity index is 953. The molecule has 0 radical (unpaired) electrons. The van der Waals surface area contributed by atoms with E-state index in [1.165, 1.54) is 5.56 Å². The van der Waals surface area contributed by atoms with Crippen LogP contribution in [0.2, 0.25) is 0 Å². The van der Waals surface area contributed by atoms with E-state index in [-0.39, 0.29) is 5.63 Å². The van der Waals surface area contributed by atoms with Crippen LogP contribution in [0.3, 0.4) is 0 Å². The van der Waals surface area contributed by atoms with Gasteiger partial charge < -0.3 is 13.9 Å². The Labute approximate surface area is 126 Å². The van der Waals surface area contributed by atoms with Gasteiger partial charge in [-0.2, -0.15) is 0 Å². The minimum atomic E-state index is -0.345. The molecule has 0 fully saturated rings. The van der Waals surface area contributed by atoms with Gasteiger partial charge in [0, 0.05) is 17.4 Å². The molecule has 0 bridgehead atoms. The first-order valence-electron chi connectivity index (χ1n) is 7.03. The van der Waals surface area contributed by atoms with E-state index < -0.39 is 0 Å². The van der Waals surface area contributed by atoms with Gasteiger partial charge in [0.15, 0.2) is 11.5 Å². The van der Waals surface area contributed by atoms with Gasteiger partial charge in [-0.3, -0.25) is 0 Å². The number of fused-ring (bicyclic) bond motifs is 5. The Morgan fingerprint density at radius 3 is 2.41 bits per heavy atom. The fraction of sp³-hybridized carbons (Fsp3) is 0.167. The zero-order valence-corrected chi connectivity index (χ0v) is 12.3. The fourth-order valence-electron chi connectivity index (χ4n) is 3.13. The van der Waals surface area contributed by atoms with Gasteiger partial charge in [-0.25, -0.2) is 4.79 Å². The van der Waals surface area contributed by atoms with Crippen LogP contribution in [0.1, 0.15) is 11.3 Å². The molecule has 110 valence electrons. The maximum atomic E-state index is 12.3. The number of methoxy groups -OCH3 is 2. The van der Waals surface area contributed by atoms with Gasteiger partial charge in [0.05, 0.1) is 19.6 Å². The van der Waals surface area contributed by atoms with Crippen molar-refractivity contribution in [1.82, 2.24) is 0 Å². The van der Waals surface area contributed by atoms with Gasteiger partial charge in [0.2, 0.25) is 0 Å².